The Hall–Kier alpha value is -0.340. The third-order valence-electron chi connectivity index (χ3n) is 4.50. The molecule has 1 saturated carbocycles. The molecule has 0 heterocycles. The summed E-state index contributed by atoms with van der Waals surface area (Å²) in [7, 11) is 0. The molecule has 106 valence electrons. The van der Waals surface area contributed by atoms with Gasteiger partial charge in [-0.2, -0.15) is 0 Å². The van der Waals surface area contributed by atoms with E-state index in [-0.39, 0.29) is 0 Å². The number of hydrogen-bond acceptors (Lipinski definition) is 1. The maximum atomic E-state index is 3.71. The third-order valence-corrected chi connectivity index (χ3v) is 5.39. The van der Waals surface area contributed by atoms with Gasteiger partial charge in [0.25, 0.3) is 0 Å². The van der Waals surface area contributed by atoms with E-state index in [4.69, 9.17) is 0 Å². The maximum Gasteiger partial charge on any atom is 0.0348 e. The Balaban J connectivity index is 2.16. The molecule has 1 aliphatic rings. The topological polar surface area (TPSA) is 12.0 Å². The molecule has 2 rings (SSSR count). The highest BCUT2D eigenvalue weighted by Crippen LogP contribution is 2.37. The predicted octanol–water partition coefficient (Wildman–Crippen LogP) is 5.23. The average molecular weight is 324 g/mol. The molecule has 0 amide bonds. The lowest BCUT2D eigenvalue weighted by Gasteiger charge is -2.33. The standard InChI is InChI=1S/C17H26BrN/c1-4-19-17(14-7-5-12(2)6-8-14)15-9-10-16(18)13(3)11-15/h9-12,14,17,19H,4-8H2,1-3H3. The Morgan fingerprint density at radius 1 is 1.26 bits per heavy atom. The Kier molecular flexibility index (Phi) is 5.47. The van der Waals surface area contributed by atoms with Gasteiger partial charge in [0.2, 0.25) is 0 Å². The molecular weight excluding hydrogens is 298 g/mol. The van der Waals surface area contributed by atoms with Gasteiger partial charge in [0.05, 0.1) is 0 Å². The van der Waals surface area contributed by atoms with Crippen molar-refractivity contribution in [3.05, 3.63) is 33.8 Å². The molecule has 19 heavy (non-hydrogen) atoms. The summed E-state index contributed by atoms with van der Waals surface area (Å²) in [5.41, 5.74) is 2.80. The number of hydrogen-bond donors (Lipinski definition) is 1. The lowest BCUT2D eigenvalue weighted by molar-refractivity contribution is 0.233. The minimum Gasteiger partial charge on any atom is -0.310 e. The SMILES string of the molecule is CCNC(c1ccc(Br)c(C)c1)C1CCC(C)CC1. The Morgan fingerprint density at radius 3 is 2.53 bits per heavy atom. The van der Waals surface area contributed by atoms with E-state index in [0.29, 0.717) is 6.04 Å². The van der Waals surface area contributed by atoms with Crippen molar-refractivity contribution in [1.82, 2.24) is 5.32 Å². The van der Waals surface area contributed by atoms with Crippen LogP contribution in [0.5, 0.6) is 0 Å². The summed E-state index contributed by atoms with van der Waals surface area (Å²) in [4.78, 5) is 0. The van der Waals surface area contributed by atoms with E-state index in [1.54, 1.807) is 0 Å². The second-order valence-corrected chi connectivity index (χ2v) is 6.92. The molecule has 0 saturated heterocycles. The summed E-state index contributed by atoms with van der Waals surface area (Å²) in [6.07, 6.45) is 5.52. The molecule has 0 spiro atoms. The molecule has 0 bridgehead atoms. The average Bonchev–Trinajstić information content (AvgIpc) is 2.41. The van der Waals surface area contributed by atoms with Gasteiger partial charge < -0.3 is 5.32 Å². The molecule has 0 aliphatic heterocycles. The van der Waals surface area contributed by atoms with E-state index in [2.05, 4.69) is 60.2 Å². The zero-order valence-corrected chi connectivity index (χ0v) is 14.0. The van der Waals surface area contributed by atoms with E-state index in [0.717, 1.165) is 18.4 Å². The van der Waals surface area contributed by atoms with Gasteiger partial charge in [-0.3, -0.25) is 0 Å². The van der Waals surface area contributed by atoms with E-state index in [1.807, 2.05) is 0 Å². The molecule has 2 heteroatoms. The minimum absolute atomic E-state index is 0.532. The summed E-state index contributed by atoms with van der Waals surface area (Å²) >= 11 is 3.60. The minimum atomic E-state index is 0.532. The first-order valence-corrected chi connectivity index (χ1v) is 8.40. The first kappa shape index (κ1) is 15.1. The number of halogens is 1. The van der Waals surface area contributed by atoms with E-state index >= 15 is 0 Å². The van der Waals surface area contributed by atoms with Crippen molar-refractivity contribution in [1.29, 1.82) is 0 Å². The van der Waals surface area contributed by atoms with Crippen LogP contribution in [0.1, 0.15) is 56.7 Å². The van der Waals surface area contributed by atoms with E-state index in [1.165, 1.54) is 41.3 Å². The molecule has 0 radical (unpaired) electrons. The molecule has 1 aliphatic carbocycles. The van der Waals surface area contributed by atoms with Crippen LogP contribution < -0.4 is 5.32 Å². The molecule has 1 aromatic carbocycles. The monoisotopic (exact) mass is 323 g/mol. The van der Waals surface area contributed by atoms with Crippen molar-refractivity contribution in [3.8, 4) is 0 Å². The van der Waals surface area contributed by atoms with Gasteiger partial charge in [-0.1, -0.05) is 54.8 Å². The maximum absolute atomic E-state index is 3.71. The van der Waals surface area contributed by atoms with Crippen LogP contribution in [0.15, 0.2) is 22.7 Å². The molecule has 1 nitrogen and oxygen atoms in total. The van der Waals surface area contributed by atoms with Gasteiger partial charge in [-0.15, -0.1) is 0 Å². The lowest BCUT2D eigenvalue weighted by atomic mass is 9.77. The Bertz CT molecular complexity index is 408. The van der Waals surface area contributed by atoms with Crippen LogP contribution in [0, 0.1) is 18.8 Å². The van der Waals surface area contributed by atoms with Crippen LogP contribution in [0.4, 0.5) is 0 Å². The third kappa shape index (κ3) is 3.82. The number of nitrogens with one attached hydrogen (secondary N) is 1. The smallest absolute Gasteiger partial charge is 0.0348 e. The highest BCUT2D eigenvalue weighted by atomic mass is 79.9. The van der Waals surface area contributed by atoms with Crippen molar-refractivity contribution in [2.45, 2.75) is 52.5 Å². The fraction of sp³-hybridized carbons (Fsp3) is 0.647. The number of aryl methyl sites for hydroxylation is 1. The predicted molar refractivity (Wildman–Crippen MR) is 86.4 cm³/mol. The molecular formula is C17H26BrN. The first-order chi connectivity index (χ1) is 9.11. The molecule has 1 unspecified atom stereocenters. The summed E-state index contributed by atoms with van der Waals surface area (Å²) < 4.78 is 1.21. The summed E-state index contributed by atoms with van der Waals surface area (Å²) in [6.45, 7) is 7.83. The van der Waals surface area contributed by atoms with Crippen LogP contribution in [0.25, 0.3) is 0 Å². The first-order valence-electron chi connectivity index (χ1n) is 7.61. The van der Waals surface area contributed by atoms with E-state index < -0.39 is 0 Å². The van der Waals surface area contributed by atoms with Crippen molar-refractivity contribution in [3.63, 3.8) is 0 Å². The van der Waals surface area contributed by atoms with Crippen LogP contribution in [0.2, 0.25) is 0 Å². The molecule has 1 aromatic rings. The Labute approximate surface area is 126 Å². The van der Waals surface area contributed by atoms with Crippen LogP contribution in [-0.4, -0.2) is 6.54 Å². The largest absolute Gasteiger partial charge is 0.310 e. The van der Waals surface area contributed by atoms with Crippen molar-refractivity contribution < 1.29 is 0 Å². The quantitative estimate of drug-likeness (QED) is 0.799. The zero-order chi connectivity index (χ0) is 13.8. The second kappa shape index (κ2) is 6.90. The highest BCUT2D eigenvalue weighted by Gasteiger charge is 2.26. The van der Waals surface area contributed by atoms with E-state index in [9.17, 15) is 0 Å². The zero-order valence-electron chi connectivity index (χ0n) is 12.4. The number of benzene rings is 1. The molecule has 1 atom stereocenters. The van der Waals surface area contributed by atoms with Crippen LogP contribution in [-0.2, 0) is 0 Å². The lowest BCUT2D eigenvalue weighted by Crippen LogP contribution is -2.30. The summed E-state index contributed by atoms with van der Waals surface area (Å²) in [5, 5.41) is 3.71. The second-order valence-electron chi connectivity index (χ2n) is 6.06. The Morgan fingerprint density at radius 2 is 1.95 bits per heavy atom. The summed E-state index contributed by atoms with van der Waals surface area (Å²) in [6, 6.07) is 7.35. The number of rotatable bonds is 4. The fourth-order valence-electron chi connectivity index (χ4n) is 3.26. The van der Waals surface area contributed by atoms with Gasteiger partial charge in [-0.25, -0.2) is 0 Å². The van der Waals surface area contributed by atoms with Gasteiger partial charge >= 0.3 is 0 Å². The van der Waals surface area contributed by atoms with Gasteiger partial charge in [-0.05, 0) is 55.3 Å². The van der Waals surface area contributed by atoms with Gasteiger partial charge in [0.1, 0.15) is 0 Å². The van der Waals surface area contributed by atoms with Crippen molar-refractivity contribution in [2.75, 3.05) is 6.54 Å². The fourth-order valence-corrected chi connectivity index (χ4v) is 3.50. The molecule has 1 N–H and O–H groups in total. The van der Waals surface area contributed by atoms with Crippen molar-refractivity contribution >= 4 is 15.9 Å². The van der Waals surface area contributed by atoms with Gasteiger partial charge in [0, 0.05) is 10.5 Å². The molecule has 1 fully saturated rings. The molecule has 0 aromatic heterocycles. The summed E-state index contributed by atoms with van der Waals surface area (Å²) in [5.74, 6) is 1.72. The highest BCUT2D eigenvalue weighted by molar-refractivity contribution is 9.10. The van der Waals surface area contributed by atoms with Crippen molar-refractivity contribution in [2.24, 2.45) is 11.8 Å². The normalized spacial score (nSPS) is 25.3. The van der Waals surface area contributed by atoms with Gasteiger partial charge in [0.15, 0.2) is 0 Å². The van der Waals surface area contributed by atoms with Crippen LogP contribution >= 0.6 is 15.9 Å². The van der Waals surface area contributed by atoms with Crippen LogP contribution in [0.3, 0.4) is 0 Å².